The molecule has 7 heteroatoms. The van der Waals surface area contributed by atoms with Crippen LogP contribution in [0.4, 0.5) is 10.2 Å². The minimum atomic E-state index is -0.938. The Balaban J connectivity index is 2.96. The highest BCUT2D eigenvalue weighted by Crippen LogP contribution is 2.26. The van der Waals surface area contributed by atoms with Gasteiger partial charge in [-0.2, -0.15) is 0 Å². The fourth-order valence-electron chi connectivity index (χ4n) is 1.36. The third-order valence-corrected chi connectivity index (χ3v) is 2.97. The third-order valence-electron chi connectivity index (χ3n) is 2.45. The molecule has 0 aliphatic heterocycles. The van der Waals surface area contributed by atoms with Crippen LogP contribution in [0.2, 0.25) is 0 Å². The predicted molar refractivity (Wildman–Crippen MR) is 73.8 cm³/mol. The second-order valence-electron chi connectivity index (χ2n) is 5.00. The zero-order valence-electron chi connectivity index (χ0n) is 10.4. The quantitative estimate of drug-likeness (QED) is 0.632. The van der Waals surface area contributed by atoms with Gasteiger partial charge >= 0.3 is 5.97 Å². The Morgan fingerprint density at radius 2 is 2.22 bits per heavy atom. The fraction of sp³-hybridized carbons (Fsp3) is 0.545. The highest BCUT2D eigenvalue weighted by Gasteiger charge is 2.28. The summed E-state index contributed by atoms with van der Waals surface area (Å²) in [6.07, 6.45) is 0.959. The van der Waals surface area contributed by atoms with E-state index in [2.05, 4.69) is 15.3 Å². The molecule has 0 amide bonds. The summed E-state index contributed by atoms with van der Waals surface area (Å²) in [6.45, 7) is 5.66. The van der Waals surface area contributed by atoms with Crippen LogP contribution in [-0.4, -0.2) is 27.1 Å². The number of hydrogen-bond donors (Lipinski definition) is 2. The number of aliphatic carboxylic acids is 1. The number of carboxylic acid groups (broad SMARTS) is 1. The van der Waals surface area contributed by atoms with E-state index in [1.54, 1.807) is 0 Å². The van der Waals surface area contributed by atoms with E-state index in [1.165, 1.54) is 0 Å². The van der Waals surface area contributed by atoms with Gasteiger partial charge in [0.25, 0.3) is 0 Å². The monoisotopic (exact) mass is 367 g/mol. The number of anilines is 1. The molecule has 1 aromatic heterocycles. The van der Waals surface area contributed by atoms with Crippen LogP contribution >= 0.6 is 22.6 Å². The van der Waals surface area contributed by atoms with Gasteiger partial charge in [0, 0.05) is 28.6 Å². The molecule has 1 atom stereocenters. The van der Waals surface area contributed by atoms with Crippen molar-refractivity contribution in [1.82, 2.24) is 9.97 Å². The fourth-order valence-corrected chi connectivity index (χ4v) is 1.74. The Morgan fingerprint density at radius 3 is 2.72 bits per heavy atom. The van der Waals surface area contributed by atoms with Gasteiger partial charge in [-0.15, -0.1) is 0 Å². The van der Waals surface area contributed by atoms with Crippen molar-refractivity contribution >= 4 is 34.4 Å². The summed E-state index contributed by atoms with van der Waals surface area (Å²) < 4.78 is 13.9. The van der Waals surface area contributed by atoms with Crippen molar-refractivity contribution < 1.29 is 14.3 Å². The first kappa shape index (κ1) is 15.1. The van der Waals surface area contributed by atoms with Crippen LogP contribution in [0.1, 0.15) is 27.2 Å². The molecule has 5 nitrogen and oxygen atoms in total. The lowest BCUT2D eigenvalue weighted by Crippen LogP contribution is -2.36. The molecule has 0 aliphatic rings. The van der Waals surface area contributed by atoms with Gasteiger partial charge < -0.3 is 10.4 Å². The van der Waals surface area contributed by atoms with E-state index >= 15 is 0 Å². The van der Waals surface area contributed by atoms with Crippen LogP contribution in [-0.2, 0) is 4.79 Å². The number of aromatic nitrogens is 2. The highest BCUT2D eigenvalue weighted by molar-refractivity contribution is 14.1. The molecule has 100 valence electrons. The molecule has 2 N–H and O–H groups in total. The van der Waals surface area contributed by atoms with Crippen LogP contribution < -0.4 is 5.32 Å². The smallest absolute Gasteiger partial charge is 0.305 e. The zero-order chi connectivity index (χ0) is 13.9. The Kier molecular flexibility index (Phi) is 4.83. The molecule has 1 heterocycles. The molecule has 0 aliphatic carbocycles. The van der Waals surface area contributed by atoms with Crippen molar-refractivity contribution in [2.24, 2.45) is 5.41 Å². The number of rotatable bonds is 4. The zero-order valence-corrected chi connectivity index (χ0v) is 12.5. The molecule has 0 bridgehead atoms. The number of carbonyl (C=O) groups is 1. The molecule has 0 fully saturated rings. The molecular formula is C11H15FIN3O2. The molecule has 0 aromatic carbocycles. The van der Waals surface area contributed by atoms with Crippen molar-refractivity contribution in [3.63, 3.8) is 0 Å². The maximum Gasteiger partial charge on any atom is 0.305 e. The van der Waals surface area contributed by atoms with Gasteiger partial charge in [0.1, 0.15) is 0 Å². The summed E-state index contributed by atoms with van der Waals surface area (Å²) in [7, 11) is 0. The van der Waals surface area contributed by atoms with Crippen molar-refractivity contribution in [3.05, 3.63) is 15.8 Å². The van der Waals surface area contributed by atoms with Gasteiger partial charge in [-0.25, -0.2) is 14.4 Å². The summed E-state index contributed by atoms with van der Waals surface area (Å²) in [6, 6.07) is -0.421. The number of nitrogens with one attached hydrogen (secondary N) is 1. The van der Waals surface area contributed by atoms with Gasteiger partial charge in [-0.3, -0.25) is 4.79 Å². The predicted octanol–water partition coefficient (Wildman–Crippen LogP) is 2.52. The minimum absolute atomic E-state index is 0.0376. The van der Waals surface area contributed by atoms with E-state index in [4.69, 9.17) is 5.11 Å². The number of hydrogen-bond acceptors (Lipinski definition) is 4. The summed E-state index contributed by atoms with van der Waals surface area (Å²) in [5.41, 5.74) is -0.332. The molecule has 18 heavy (non-hydrogen) atoms. The van der Waals surface area contributed by atoms with Gasteiger partial charge in [0.05, 0.1) is 12.6 Å². The SMILES string of the molecule is CC(C)(C)[C@@H](CC(=O)O)Nc1nc(I)ncc1F. The lowest BCUT2D eigenvalue weighted by atomic mass is 9.85. The lowest BCUT2D eigenvalue weighted by molar-refractivity contribution is -0.137. The van der Waals surface area contributed by atoms with E-state index in [0.717, 1.165) is 6.20 Å². The molecule has 0 saturated heterocycles. The van der Waals surface area contributed by atoms with E-state index in [9.17, 15) is 9.18 Å². The van der Waals surface area contributed by atoms with Gasteiger partial charge in [-0.1, -0.05) is 20.8 Å². The maximum atomic E-state index is 13.5. The number of carboxylic acids is 1. The van der Waals surface area contributed by atoms with Crippen LogP contribution in [0.15, 0.2) is 6.20 Å². The normalized spacial score (nSPS) is 13.2. The first-order chi connectivity index (χ1) is 8.20. The summed E-state index contributed by atoms with van der Waals surface area (Å²) >= 11 is 1.87. The molecule has 0 unspecified atom stereocenters. The van der Waals surface area contributed by atoms with Crippen molar-refractivity contribution in [2.45, 2.75) is 33.2 Å². The largest absolute Gasteiger partial charge is 0.481 e. The Morgan fingerprint density at radius 1 is 1.61 bits per heavy atom. The first-order valence-electron chi connectivity index (χ1n) is 5.36. The average Bonchev–Trinajstić information content (AvgIpc) is 2.20. The van der Waals surface area contributed by atoms with Gasteiger partial charge in [0.15, 0.2) is 15.5 Å². The molecule has 1 aromatic rings. The molecular weight excluding hydrogens is 352 g/mol. The van der Waals surface area contributed by atoms with Crippen LogP contribution in [0, 0.1) is 15.1 Å². The highest BCUT2D eigenvalue weighted by atomic mass is 127. The molecule has 0 radical (unpaired) electrons. The van der Waals surface area contributed by atoms with E-state index in [1.807, 2.05) is 43.4 Å². The standard InChI is InChI=1S/C11H15FIN3O2/c1-11(2,3)7(4-8(17)18)15-9-6(12)5-14-10(13)16-9/h5,7H,4H2,1-3H3,(H,17,18)(H,14,15,16)/t7-/m1/s1. The second kappa shape index (κ2) is 5.77. The molecule has 0 saturated carbocycles. The maximum absolute atomic E-state index is 13.5. The van der Waals surface area contributed by atoms with Crippen molar-refractivity contribution in [3.8, 4) is 0 Å². The lowest BCUT2D eigenvalue weighted by Gasteiger charge is -2.30. The average molecular weight is 367 g/mol. The Hall–Kier alpha value is -0.990. The van der Waals surface area contributed by atoms with Crippen LogP contribution in [0.3, 0.4) is 0 Å². The van der Waals surface area contributed by atoms with Gasteiger partial charge in [-0.05, 0) is 5.41 Å². The number of halogens is 2. The van der Waals surface area contributed by atoms with Crippen molar-refractivity contribution in [1.29, 1.82) is 0 Å². The first-order valence-corrected chi connectivity index (χ1v) is 6.44. The summed E-state index contributed by atoms with van der Waals surface area (Å²) in [4.78, 5) is 18.5. The van der Waals surface area contributed by atoms with Crippen LogP contribution in [0.25, 0.3) is 0 Å². The molecule has 1 rings (SSSR count). The van der Waals surface area contributed by atoms with Crippen LogP contribution in [0.5, 0.6) is 0 Å². The second-order valence-corrected chi connectivity index (χ2v) is 5.96. The van der Waals surface area contributed by atoms with E-state index in [-0.39, 0.29) is 17.7 Å². The van der Waals surface area contributed by atoms with E-state index in [0.29, 0.717) is 3.83 Å². The topological polar surface area (TPSA) is 75.1 Å². The minimum Gasteiger partial charge on any atom is -0.481 e. The molecule has 0 spiro atoms. The third kappa shape index (κ3) is 4.35. The van der Waals surface area contributed by atoms with Crippen molar-refractivity contribution in [2.75, 3.05) is 5.32 Å². The number of nitrogens with zero attached hydrogens (tertiary/aromatic N) is 2. The Bertz CT molecular complexity index is 448. The van der Waals surface area contributed by atoms with E-state index < -0.39 is 17.8 Å². The van der Waals surface area contributed by atoms with Gasteiger partial charge in [0.2, 0.25) is 0 Å². The summed E-state index contributed by atoms with van der Waals surface area (Å²) in [5, 5.41) is 11.7. The summed E-state index contributed by atoms with van der Waals surface area (Å²) in [5.74, 6) is -1.49. The Labute approximate surface area is 118 Å².